The van der Waals surface area contributed by atoms with E-state index in [2.05, 4.69) is 31.1 Å². The molecule has 0 radical (unpaired) electrons. The Hall–Kier alpha value is -0.940. The molecule has 5 heteroatoms. The smallest absolute Gasteiger partial charge is 0.229 e. The molecule has 4 nitrogen and oxygen atoms in total. The van der Waals surface area contributed by atoms with Crippen LogP contribution in [-0.4, -0.2) is 24.1 Å². The van der Waals surface area contributed by atoms with Gasteiger partial charge < -0.3 is 10.1 Å². The lowest BCUT2D eigenvalue weighted by Crippen LogP contribution is -2.28. The van der Waals surface area contributed by atoms with Gasteiger partial charge in [0.2, 0.25) is 5.91 Å². The fourth-order valence-corrected chi connectivity index (χ4v) is 2.78. The predicted molar refractivity (Wildman–Crippen MR) is 73.0 cm³/mol. The summed E-state index contributed by atoms with van der Waals surface area (Å²) in [7, 11) is 0. The van der Waals surface area contributed by atoms with Crippen LogP contribution in [0.15, 0.2) is 5.38 Å². The molecule has 1 amide bonds. The van der Waals surface area contributed by atoms with Crippen LogP contribution in [0.2, 0.25) is 0 Å². The van der Waals surface area contributed by atoms with Crippen molar-refractivity contribution < 1.29 is 9.53 Å². The van der Waals surface area contributed by atoms with Crippen molar-refractivity contribution in [2.24, 2.45) is 5.92 Å². The van der Waals surface area contributed by atoms with Crippen LogP contribution >= 0.6 is 11.3 Å². The monoisotopic (exact) mass is 268 g/mol. The van der Waals surface area contributed by atoms with E-state index in [0.717, 1.165) is 18.5 Å². The van der Waals surface area contributed by atoms with E-state index in [0.29, 0.717) is 18.3 Å². The molecular formula is C13H20N2O2S. The number of carbonyl (C=O) groups is 1. The van der Waals surface area contributed by atoms with Gasteiger partial charge in [0.05, 0.1) is 5.69 Å². The number of hydrogen-bond acceptors (Lipinski definition) is 4. The molecule has 2 heterocycles. The molecule has 0 atom stereocenters. The van der Waals surface area contributed by atoms with Gasteiger partial charge >= 0.3 is 0 Å². The van der Waals surface area contributed by atoms with E-state index in [-0.39, 0.29) is 17.2 Å². The Balaban J connectivity index is 1.96. The van der Waals surface area contributed by atoms with Gasteiger partial charge in [-0.15, -0.1) is 11.3 Å². The summed E-state index contributed by atoms with van der Waals surface area (Å²) in [5, 5.41) is 5.64. The molecule has 1 saturated heterocycles. The van der Waals surface area contributed by atoms with E-state index < -0.39 is 0 Å². The van der Waals surface area contributed by atoms with Crippen molar-refractivity contribution in [3.8, 4) is 0 Å². The van der Waals surface area contributed by atoms with Gasteiger partial charge in [-0.2, -0.15) is 0 Å². The zero-order chi connectivity index (χ0) is 13.2. The molecular weight excluding hydrogens is 248 g/mol. The normalized spacial score (nSPS) is 17.7. The summed E-state index contributed by atoms with van der Waals surface area (Å²) in [6, 6.07) is 0. The van der Waals surface area contributed by atoms with Crippen LogP contribution in [0.3, 0.4) is 0 Å². The van der Waals surface area contributed by atoms with Crippen molar-refractivity contribution in [2.45, 2.75) is 39.0 Å². The lowest BCUT2D eigenvalue weighted by molar-refractivity contribution is -0.122. The van der Waals surface area contributed by atoms with Crippen LogP contribution in [0, 0.1) is 5.92 Å². The van der Waals surface area contributed by atoms with Crippen LogP contribution in [0.5, 0.6) is 0 Å². The quantitative estimate of drug-likeness (QED) is 0.897. The number of nitrogens with one attached hydrogen (secondary N) is 1. The third-order valence-corrected chi connectivity index (χ3v) is 3.85. The maximum Gasteiger partial charge on any atom is 0.229 e. The second-order valence-electron chi connectivity index (χ2n) is 5.66. The fraction of sp³-hybridized carbons (Fsp3) is 0.692. The van der Waals surface area contributed by atoms with Crippen molar-refractivity contribution in [3.05, 3.63) is 11.1 Å². The first-order valence-electron chi connectivity index (χ1n) is 6.31. The maximum atomic E-state index is 12.0. The number of nitrogens with zero attached hydrogens (tertiary/aromatic N) is 1. The van der Waals surface area contributed by atoms with Gasteiger partial charge in [0.25, 0.3) is 0 Å². The molecule has 1 fully saturated rings. The number of anilines is 1. The minimum absolute atomic E-state index is 0.0259. The Labute approximate surface area is 112 Å². The summed E-state index contributed by atoms with van der Waals surface area (Å²) in [6.07, 6.45) is 1.62. The summed E-state index contributed by atoms with van der Waals surface area (Å²) >= 11 is 1.49. The van der Waals surface area contributed by atoms with E-state index in [1.165, 1.54) is 11.3 Å². The summed E-state index contributed by atoms with van der Waals surface area (Å²) in [5.74, 6) is 0.147. The Bertz CT molecular complexity index is 417. The molecule has 1 N–H and O–H groups in total. The second kappa shape index (κ2) is 5.36. The lowest BCUT2D eigenvalue weighted by atomic mass is 9.93. The first-order valence-corrected chi connectivity index (χ1v) is 7.19. The topological polar surface area (TPSA) is 51.2 Å². The van der Waals surface area contributed by atoms with E-state index in [1.54, 1.807) is 0 Å². The number of aromatic nitrogens is 1. The van der Waals surface area contributed by atoms with Gasteiger partial charge in [-0.05, 0) is 12.8 Å². The predicted octanol–water partition coefficient (Wildman–Crippen LogP) is 2.81. The number of amides is 1. The molecule has 0 bridgehead atoms. The molecule has 1 aromatic heterocycles. The summed E-state index contributed by atoms with van der Waals surface area (Å²) in [5.41, 5.74) is 1.05. The molecule has 1 aliphatic heterocycles. The molecule has 1 aromatic rings. The minimum Gasteiger partial charge on any atom is -0.381 e. The highest BCUT2D eigenvalue weighted by molar-refractivity contribution is 7.13. The number of thiazole rings is 1. The maximum absolute atomic E-state index is 12.0. The first kappa shape index (κ1) is 13.5. The largest absolute Gasteiger partial charge is 0.381 e. The van der Waals surface area contributed by atoms with Crippen LogP contribution < -0.4 is 5.32 Å². The van der Waals surface area contributed by atoms with Crippen LogP contribution in [0.1, 0.15) is 39.3 Å². The van der Waals surface area contributed by atoms with Crippen molar-refractivity contribution in [3.63, 3.8) is 0 Å². The third kappa shape index (κ3) is 3.29. The Morgan fingerprint density at radius 3 is 2.67 bits per heavy atom. The molecule has 2 rings (SSSR count). The number of carbonyl (C=O) groups excluding carboxylic acids is 1. The van der Waals surface area contributed by atoms with E-state index in [9.17, 15) is 4.79 Å². The fourth-order valence-electron chi connectivity index (χ4n) is 1.84. The molecule has 18 heavy (non-hydrogen) atoms. The summed E-state index contributed by atoms with van der Waals surface area (Å²) in [4.78, 5) is 16.5. The summed E-state index contributed by atoms with van der Waals surface area (Å²) in [6.45, 7) is 7.72. The van der Waals surface area contributed by atoms with Crippen molar-refractivity contribution in [1.82, 2.24) is 4.98 Å². The number of rotatable bonds is 2. The second-order valence-corrected chi connectivity index (χ2v) is 6.52. The van der Waals surface area contributed by atoms with Gasteiger partial charge in [-0.25, -0.2) is 4.98 Å². The Kier molecular flexibility index (Phi) is 4.02. The minimum atomic E-state index is 0.0259. The highest BCUT2D eigenvalue weighted by Gasteiger charge is 2.23. The van der Waals surface area contributed by atoms with E-state index in [1.807, 2.05) is 5.38 Å². The van der Waals surface area contributed by atoms with Gasteiger partial charge in [0.1, 0.15) is 0 Å². The number of ether oxygens (including phenoxy) is 1. The van der Waals surface area contributed by atoms with Crippen LogP contribution in [0.25, 0.3) is 0 Å². The Morgan fingerprint density at radius 1 is 1.44 bits per heavy atom. The standard InChI is InChI=1S/C13H20N2O2S/c1-13(2,3)10-8-18-12(14-10)15-11(16)9-4-6-17-7-5-9/h8-9H,4-7H2,1-3H3,(H,14,15,16). The SMILES string of the molecule is CC(C)(C)c1csc(NC(=O)C2CCOCC2)n1. The Morgan fingerprint density at radius 2 is 2.11 bits per heavy atom. The molecule has 0 unspecified atom stereocenters. The number of hydrogen-bond donors (Lipinski definition) is 1. The highest BCUT2D eigenvalue weighted by atomic mass is 32.1. The first-order chi connectivity index (χ1) is 8.47. The van der Waals surface area contributed by atoms with Crippen molar-refractivity contribution in [1.29, 1.82) is 0 Å². The lowest BCUT2D eigenvalue weighted by Gasteiger charge is -2.20. The van der Waals surface area contributed by atoms with Gasteiger partial charge in [0, 0.05) is 29.9 Å². The summed E-state index contributed by atoms with van der Waals surface area (Å²) < 4.78 is 5.26. The van der Waals surface area contributed by atoms with Crippen molar-refractivity contribution in [2.75, 3.05) is 18.5 Å². The van der Waals surface area contributed by atoms with Crippen molar-refractivity contribution >= 4 is 22.4 Å². The molecule has 0 aliphatic carbocycles. The zero-order valence-corrected chi connectivity index (χ0v) is 12.0. The van der Waals surface area contributed by atoms with E-state index >= 15 is 0 Å². The highest BCUT2D eigenvalue weighted by Crippen LogP contribution is 2.27. The van der Waals surface area contributed by atoms with Gasteiger partial charge in [0.15, 0.2) is 5.13 Å². The molecule has 1 aliphatic rings. The molecule has 0 spiro atoms. The molecule has 100 valence electrons. The van der Waals surface area contributed by atoms with E-state index in [4.69, 9.17) is 4.74 Å². The molecule has 0 aromatic carbocycles. The average molecular weight is 268 g/mol. The third-order valence-electron chi connectivity index (χ3n) is 3.09. The molecule has 0 saturated carbocycles. The average Bonchev–Trinajstić information content (AvgIpc) is 2.78. The van der Waals surface area contributed by atoms with Crippen LogP contribution in [0.4, 0.5) is 5.13 Å². The van der Waals surface area contributed by atoms with Gasteiger partial charge in [-0.3, -0.25) is 4.79 Å². The van der Waals surface area contributed by atoms with Gasteiger partial charge in [-0.1, -0.05) is 20.8 Å². The zero-order valence-electron chi connectivity index (χ0n) is 11.2. The van der Waals surface area contributed by atoms with Crippen LogP contribution in [-0.2, 0) is 14.9 Å².